The van der Waals surface area contributed by atoms with Gasteiger partial charge in [0.1, 0.15) is 18.1 Å². The predicted molar refractivity (Wildman–Crippen MR) is 114 cm³/mol. The quantitative estimate of drug-likeness (QED) is 0.152. The minimum absolute atomic E-state index is 0.0557. The van der Waals surface area contributed by atoms with E-state index in [4.69, 9.17) is 15.9 Å². The number of hydrogen-bond acceptors (Lipinski definition) is 8. The highest BCUT2D eigenvalue weighted by Gasteiger charge is 2.30. The van der Waals surface area contributed by atoms with E-state index >= 15 is 0 Å². The number of H-pyrrole nitrogens is 1. The van der Waals surface area contributed by atoms with E-state index in [9.17, 15) is 19.2 Å². The van der Waals surface area contributed by atoms with E-state index in [0.29, 0.717) is 12.1 Å². The van der Waals surface area contributed by atoms with E-state index in [-0.39, 0.29) is 18.1 Å². The number of rotatable bonds is 13. The van der Waals surface area contributed by atoms with Gasteiger partial charge in [0.15, 0.2) is 0 Å². The fourth-order valence-corrected chi connectivity index (χ4v) is 2.79. The lowest BCUT2D eigenvalue weighted by atomic mass is 9.98. The van der Waals surface area contributed by atoms with Crippen LogP contribution in [-0.2, 0) is 25.6 Å². The van der Waals surface area contributed by atoms with Crippen molar-refractivity contribution in [1.29, 1.82) is 0 Å². The summed E-state index contributed by atoms with van der Waals surface area (Å²) in [5.74, 6) is -3.74. The molecule has 8 N–H and O–H groups in total. The van der Waals surface area contributed by atoms with Crippen molar-refractivity contribution in [2.45, 2.75) is 50.9 Å². The molecule has 1 heterocycles. The maximum Gasteiger partial charge on any atom is 0.328 e. The molecule has 0 aliphatic carbocycles. The minimum Gasteiger partial charge on any atom is -0.480 e. The average Bonchev–Trinajstić information content (AvgIpc) is 3.26. The van der Waals surface area contributed by atoms with Crippen LogP contribution in [-0.4, -0.2) is 80.4 Å². The molecule has 3 amide bonds. The largest absolute Gasteiger partial charge is 0.480 e. The molecule has 0 saturated carbocycles. The van der Waals surface area contributed by atoms with Crippen LogP contribution in [0, 0.1) is 5.92 Å². The number of nitrogens with zero attached hydrogens (tertiary/aromatic N) is 1. The molecule has 12 nitrogen and oxygen atoms in total. The Labute approximate surface area is 185 Å². The number of imidazole rings is 1. The van der Waals surface area contributed by atoms with Gasteiger partial charge in [-0.05, 0) is 5.92 Å². The van der Waals surface area contributed by atoms with E-state index in [1.165, 1.54) is 12.5 Å². The number of carboxylic acid groups (broad SMARTS) is 1. The maximum absolute atomic E-state index is 12.8. The first-order valence-corrected chi connectivity index (χ1v) is 10.4. The van der Waals surface area contributed by atoms with Crippen LogP contribution in [0.2, 0.25) is 0 Å². The summed E-state index contributed by atoms with van der Waals surface area (Å²) >= 11 is 4.02. The number of nitrogens with two attached hydrogens (primary N) is 1. The summed E-state index contributed by atoms with van der Waals surface area (Å²) in [5, 5.41) is 25.2. The van der Waals surface area contributed by atoms with Gasteiger partial charge in [-0.25, -0.2) is 9.78 Å². The van der Waals surface area contributed by atoms with E-state index in [2.05, 4.69) is 38.5 Å². The zero-order chi connectivity index (χ0) is 23.6. The lowest BCUT2D eigenvalue weighted by molar-refractivity contribution is -0.143. The van der Waals surface area contributed by atoms with Crippen LogP contribution in [0.3, 0.4) is 0 Å². The van der Waals surface area contributed by atoms with Crippen molar-refractivity contribution in [3.63, 3.8) is 0 Å². The second-order valence-electron chi connectivity index (χ2n) is 7.08. The summed E-state index contributed by atoms with van der Waals surface area (Å²) < 4.78 is 0. The fraction of sp³-hybridized carbons (Fsp3) is 0.611. The highest BCUT2D eigenvalue weighted by molar-refractivity contribution is 7.80. The number of aliphatic carboxylic acids is 1. The number of nitrogens with one attached hydrogen (secondary N) is 4. The molecule has 0 aliphatic heterocycles. The molecule has 0 bridgehead atoms. The molecule has 0 radical (unpaired) electrons. The van der Waals surface area contributed by atoms with E-state index in [1.54, 1.807) is 0 Å². The molecule has 0 aromatic carbocycles. The molecule has 0 fully saturated rings. The van der Waals surface area contributed by atoms with Crippen molar-refractivity contribution in [2.24, 2.45) is 11.7 Å². The van der Waals surface area contributed by atoms with Crippen LogP contribution in [0.5, 0.6) is 0 Å². The standard InChI is InChI=1S/C18H30N6O6S/c1-3-9(2)14(19)17(28)22-11(4-10-5-20-8-21-10)15(26)24-13(7-31)16(27)23-12(6-25)18(29)30/h5,8-9,11-14,25,31H,3-4,6-7,19H2,1-2H3,(H,20,21)(H,22,28)(H,23,27)(H,24,26)(H,29,30). The van der Waals surface area contributed by atoms with Crippen molar-refractivity contribution in [1.82, 2.24) is 25.9 Å². The molecular weight excluding hydrogens is 428 g/mol. The van der Waals surface area contributed by atoms with Gasteiger partial charge in [-0.2, -0.15) is 12.6 Å². The summed E-state index contributed by atoms with van der Waals surface area (Å²) in [6.45, 7) is 2.88. The van der Waals surface area contributed by atoms with E-state index in [0.717, 1.165) is 0 Å². The topological polar surface area (TPSA) is 200 Å². The number of aliphatic hydroxyl groups excluding tert-OH is 1. The van der Waals surface area contributed by atoms with E-state index < -0.39 is 54.5 Å². The third-order valence-corrected chi connectivity index (χ3v) is 5.15. The first-order chi connectivity index (χ1) is 14.6. The molecule has 13 heteroatoms. The van der Waals surface area contributed by atoms with Gasteiger partial charge in [0, 0.05) is 24.1 Å². The number of hydrogen-bond donors (Lipinski definition) is 8. The number of carbonyl (C=O) groups excluding carboxylic acids is 3. The Kier molecular flexibility index (Phi) is 11.0. The highest BCUT2D eigenvalue weighted by atomic mass is 32.1. The average molecular weight is 459 g/mol. The highest BCUT2D eigenvalue weighted by Crippen LogP contribution is 2.07. The summed E-state index contributed by atoms with van der Waals surface area (Å²) in [4.78, 5) is 55.4. The molecule has 1 aromatic heterocycles. The van der Waals surface area contributed by atoms with Crippen molar-refractivity contribution >= 4 is 36.3 Å². The van der Waals surface area contributed by atoms with Crippen molar-refractivity contribution in [2.75, 3.05) is 12.4 Å². The van der Waals surface area contributed by atoms with Crippen LogP contribution >= 0.6 is 12.6 Å². The van der Waals surface area contributed by atoms with Gasteiger partial charge in [0.25, 0.3) is 0 Å². The van der Waals surface area contributed by atoms with Crippen molar-refractivity contribution in [3.05, 3.63) is 18.2 Å². The molecule has 0 spiro atoms. The summed E-state index contributed by atoms with van der Waals surface area (Å²) in [6.07, 6.45) is 3.63. The SMILES string of the molecule is CCC(C)C(N)C(=O)NC(Cc1cnc[nH]1)C(=O)NC(CS)C(=O)NC(CO)C(=O)O. The van der Waals surface area contributed by atoms with Gasteiger partial charge < -0.3 is 36.9 Å². The van der Waals surface area contributed by atoms with Crippen LogP contribution in [0.1, 0.15) is 26.0 Å². The van der Waals surface area contributed by atoms with Gasteiger partial charge in [0.05, 0.1) is 19.0 Å². The van der Waals surface area contributed by atoms with Gasteiger partial charge in [-0.1, -0.05) is 20.3 Å². The van der Waals surface area contributed by atoms with Crippen LogP contribution in [0.4, 0.5) is 0 Å². The number of carbonyl (C=O) groups is 4. The molecule has 1 rings (SSSR count). The minimum atomic E-state index is -1.53. The molecule has 1 aromatic rings. The first-order valence-electron chi connectivity index (χ1n) is 9.72. The Morgan fingerprint density at radius 1 is 1.13 bits per heavy atom. The van der Waals surface area contributed by atoms with Gasteiger partial charge in [-0.3, -0.25) is 14.4 Å². The maximum atomic E-state index is 12.8. The zero-order valence-electron chi connectivity index (χ0n) is 17.4. The number of aromatic nitrogens is 2. The van der Waals surface area contributed by atoms with Crippen molar-refractivity contribution in [3.8, 4) is 0 Å². The van der Waals surface area contributed by atoms with E-state index in [1.807, 2.05) is 13.8 Å². The van der Waals surface area contributed by atoms with Gasteiger partial charge in [-0.15, -0.1) is 0 Å². The predicted octanol–water partition coefficient (Wildman–Crippen LogP) is -2.21. The number of carboxylic acids is 1. The Morgan fingerprint density at radius 3 is 2.19 bits per heavy atom. The molecule has 5 atom stereocenters. The zero-order valence-corrected chi connectivity index (χ0v) is 18.3. The Hall–Kier alpha value is -2.64. The molecule has 31 heavy (non-hydrogen) atoms. The number of aliphatic hydroxyl groups is 1. The van der Waals surface area contributed by atoms with Crippen LogP contribution in [0.25, 0.3) is 0 Å². The van der Waals surface area contributed by atoms with Gasteiger partial charge >= 0.3 is 5.97 Å². The first kappa shape index (κ1) is 26.4. The lowest BCUT2D eigenvalue weighted by Gasteiger charge is -2.25. The smallest absolute Gasteiger partial charge is 0.328 e. The Balaban J connectivity index is 2.92. The number of amides is 3. The third-order valence-electron chi connectivity index (χ3n) is 4.78. The Morgan fingerprint density at radius 2 is 1.71 bits per heavy atom. The van der Waals surface area contributed by atoms with Crippen LogP contribution < -0.4 is 21.7 Å². The second kappa shape index (κ2) is 12.9. The number of aromatic amines is 1. The third kappa shape index (κ3) is 8.19. The van der Waals surface area contributed by atoms with Gasteiger partial charge in [0.2, 0.25) is 17.7 Å². The molecule has 174 valence electrons. The Bertz CT molecular complexity index is 746. The monoisotopic (exact) mass is 458 g/mol. The van der Waals surface area contributed by atoms with Crippen LogP contribution in [0.15, 0.2) is 12.5 Å². The second-order valence-corrected chi connectivity index (χ2v) is 7.44. The fourth-order valence-electron chi connectivity index (χ4n) is 2.53. The number of thiol groups is 1. The lowest BCUT2D eigenvalue weighted by Crippen LogP contribution is -2.59. The van der Waals surface area contributed by atoms with Crippen molar-refractivity contribution < 1.29 is 29.4 Å². The normalized spacial score (nSPS) is 15.8. The molecule has 0 aliphatic rings. The summed E-state index contributed by atoms with van der Waals surface area (Å²) in [6, 6.07) is -4.63. The summed E-state index contributed by atoms with van der Waals surface area (Å²) in [7, 11) is 0. The molecule has 5 unspecified atom stereocenters. The molecule has 0 saturated heterocycles. The summed E-state index contributed by atoms with van der Waals surface area (Å²) in [5.41, 5.74) is 6.51. The molecular formula is C18H30N6O6S.